The van der Waals surface area contributed by atoms with Gasteiger partial charge in [-0.25, -0.2) is 0 Å². The average molecular weight is 208 g/mol. The second-order valence-electron chi connectivity index (χ2n) is 3.21. The molecule has 0 N–H and O–H groups in total. The standard InChI is InChI=1S/C8H11Cl2NO/c1-5(2)6-4-11(3)7(12)8(6,9)10/h6H,1,4H2,2-3H3. The number of rotatable bonds is 1. The van der Waals surface area contributed by atoms with Gasteiger partial charge in [0.25, 0.3) is 5.91 Å². The van der Waals surface area contributed by atoms with E-state index in [9.17, 15) is 4.79 Å². The Labute approximate surface area is 82.1 Å². The third-order valence-electron chi connectivity index (χ3n) is 2.12. The van der Waals surface area contributed by atoms with E-state index < -0.39 is 4.33 Å². The second-order valence-corrected chi connectivity index (χ2v) is 4.59. The summed E-state index contributed by atoms with van der Waals surface area (Å²) in [6.45, 7) is 6.14. The highest BCUT2D eigenvalue weighted by Gasteiger charge is 2.50. The van der Waals surface area contributed by atoms with E-state index in [0.29, 0.717) is 6.54 Å². The minimum Gasteiger partial charge on any atom is -0.342 e. The predicted molar refractivity (Wildman–Crippen MR) is 50.4 cm³/mol. The minimum atomic E-state index is -1.30. The Morgan fingerprint density at radius 1 is 1.75 bits per heavy atom. The normalized spacial score (nSPS) is 27.8. The molecule has 1 amide bonds. The van der Waals surface area contributed by atoms with Gasteiger partial charge in [0.2, 0.25) is 4.33 Å². The molecular formula is C8H11Cl2NO. The van der Waals surface area contributed by atoms with Crippen LogP contribution in [0.2, 0.25) is 0 Å². The van der Waals surface area contributed by atoms with Gasteiger partial charge in [0.15, 0.2) is 0 Å². The average Bonchev–Trinajstić information content (AvgIpc) is 2.13. The zero-order valence-electron chi connectivity index (χ0n) is 7.10. The molecule has 0 saturated carbocycles. The number of hydrogen-bond acceptors (Lipinski definition) is 1. The number of nitrogens with zero attached hydrogens (tertiary/aromatic N) is 1. The fourth-order valence-corrected chi connectivity index (χ4v) is 2.14. The van der Waals surface area contributed by atoms with Crippen molar-refractivity contribution in [2.24, 2.45) is 5.92 Å². The van der Waals surface area contributed by atoms with Crippen LogP contribution in [0.5, 0.6) is 0 Å². The van der Waals surface area contributed by atoms with E-state index in [0.717, 1.165) is 5.57 Å². The van der Waals surface area contributed by atoms with Crippen molar-refractivity contribution < 1.29 is 4.79 Å². The quantitative estimate of drug-likeness (QED) is 0.475. The van der Waals surface area contributed by atoms with Crippen LogP contribution in [0.4, 0.5) is 0 Å². The Morgan fingerprint density at radius 2 is 2.25 bits per heavy atom. The summed E-state index contributed by atoms with van der Waals surface area (Å²) in [6.07, 6.45) is 0. The maximum absolute atomic E-state index is 11.4. The Kier molecular flexibility index (Phi) is 2.41. The van der Waals surface area contributed by atoms with E-state index in [1.165, 1.54) is 4.90 Å². The molecule has 12 heavy (non-hydrogen) atoms. The van der Waals surface area contributed by atoms with Crippen molar-refractivity contribution >= 4 is 29.1 Å². The first-order valence-corrected chi connectivity index (χ1v) is 4.41. The van der Waals surface area contributed by atoms with Crippen molar-refractivity contribution in [1.82, 2.24) is 4.90 Å². The predicted octanol–water partition coefficient (Wildman–Crippen LogP) is 1.82. The van der Waals surface area contributed by atoms with Gasteiger partial charge in [0, 0.05) is 19.5 Å². The molecule has 1 atom stereocenters. The van der Waals surface area contributed by atoms with Crippen molar-refractivity contribution in [3.8, 4) is 0 Å². The van der Waals surface area contributed by atoms with Crippen LogP contribution in [0.25, 0.3) is 0 Å². The molecule has 1 rings (SSSR count). The number of alkyl halides is 2. The molecule has 0 aromatic carbocycles. The number of halogens is 2. The summed E-state index contributed by atoms with van der Waals surface area (Å²) >= 11 is 11.8. The molecule has 0 radical (unpaired) electrons. The summed E-state index contributed by atoms with van der Waals surface area (Å²) in [5, 5.41) is 0. The van der Waals surface area contributed by atoms with Crippen molar-refractivity contribution in [1.29, 1.82) is 0 Å². The summed E-state index contributed by atoms with van der Waals surface area (Å²) in [7, 11) is 1.69. The fraction of sp³-hybridized carbons (Fsp3) is 0.625. The zero-order chi connectivity index (χ0) is 9.52. The molecule has 0 aromatic heterocycles. The van der Waals surface area contributed by atoms with E-state index in [1.54, 1.807) is 7.05 Å². The first-order valence-electron chi connectivity index (χ1n) is 3.66. The third-order valence-corrected chi connectivity index (χ3v) is 2.97. The molecular weight excluding hydrogens is 197 g/mol. The Morgan fingerprint density at radius 3 is 2.42 bits per heavy atom. The Balaban J connectivity index is 2.95. The molecule has 1 aliphatic heterocycles. The van der Waals surface area contributed by atoms with E-state index in [-0.39, 0.29) is 11.8 Å². The number of likely N-dealkylation sites (tertiary alicyclic amines) is 1. The number of carbonyl (C=O) groups is 1. The van der Waals surface area contributed by atoms with Gasteiger partial charge in [-0.05, 0) is 6.92 Å². The lowest BCUT2D eigenvalue weighted by Gasteiger charge is -2.17. The Bertz CT molecular complexity index is 237. The van der Waals surface area contributed by atoms with Gasteiger partial charge < -0.3 is 4.90 Å². The van der Waals surface area contributed by atoms with Crippen LogP contribution in [-0.4, -0.2) is 28.7 Å². The van der Waals surface area contributed by atoms with Gasteiger partial charge in [-0.1, -0.05) is 35.4 Å². The summed E-state index contributed by atoms with van der Waals surface area (Å²) in [6, 6.07) is 0. The van der Waals surface area contributed by atoms with Gasteiger partial charge >= 0.3 is 0 Å². The monoisotopic (exact) mass is 207 g/mol. The van der Waals surface area contributed by atoms with Crippen LogP contribution < -0.4 is 0 Å². The van der Waals surface area contributed by atoms with Crippen LogP contribution in [0.15, 0.2) is 12.2 Å². The van der Waals surface area contributed by atoms with Crippen LogP contribution >= 0.6 is 23.2 Å². The molecule has 1 aliphatic rings. The first-order chi connectivity index (χ1) is 5.37. The number of carbonyl (C=O) groups excluding carboxylic acids is 1. The van der Waals surface area contributed by atoms with E-state index in [1.807, 2.05) is 6.92 Å². The fourth-order valence-electron chi connectivity index (χ4n) is 1.34. The number of amides is 1. The molecule has 0 bridgehead atoms. The van der Waals surface area contributed by atoms with Crippen molar-refractivity contribution in [2.75, 3.05) is 13.6 Å². The van der Waals surface area contributed by atoms with Gasteiger partial charge in [-0.2, -0.15) is 0 Å². The minimum absolute atomic E-state index is 0.154. The number of hydrogen-bond donors (Lipinski definition) is 0. The molecule has 2 nitrogen and oxygen atoms in total. The van der Waals surface area contributed by atoms with Gasteiger partial charge in [0.1, 0.15) is 0 Å². The molecule has 1 unspecified atom stereocenters. The zero-order valence-corrected chi connectivity index (χ0v) is 8.61. The lowest BCUT2D eigenvalue weighted by atomic mass is 10.0. The molecule has 4 heteroatoms. The largest absolute Gasteiger partial charge is 0.342 e. The van der Waals surface area contributed by atoms with Crippen molar-refractivity contribution in [2.45, 2.75) is 11.3 Å². The molecule has 1 heterocycles. The highest BCUT2D eigenvalue weighted by molar-refractivity contribution is 6.58. The molecule has 1 fully saturated rings. The topological polar surface area (TPSA) is 20.3 Å². The molecule has 1 saturated heterocycles. The van der Waals surface area contributed by atoms with Crippen molar-refractivity contribution in [3.05, 3.63) is 12.2 Å². The summed E-state index contributed by atoms with van der Waals surface area (Å²) < 4.78 is -1.30. The summed E-state index contributed by atoms with van der Waals surface area (Å²) in [5.74, 6) is -0.392. The Hall–Kier alpha value is -0.210. The smallest absolute Gasteiger partial charge is 0.259 e. The van der Waals surface area contributed by atoms with Gasteiger partial charge in [-0.3, -0.25) is 4.79 Å². The van der Waals surface area contributed by atoms with Gasteiger partial charge in [0.05, 0.1) is 0 Å². The SMILES string of the molecule is C=C(C)C1CN(C)C(=O)C1(Cl)Cl. The van der Waals surface area contributed by atoms with Crippen molar-refractivity contribution in [3.63, 3.8) is 0 Å². The van der Waals surface area contributed by atoms with E-state index in [4.69, 9.17) is 23.2 Å². The summed E-state index contributed by atoms with van der Waals surface area (Å²) in [5.41, 5.74) is 0.845. The molecule has 0 aliphatic carbocycles. The lowest BCUT2D eigenvalue weighted by Crippen LogP contribution is -2.31. The maximum atomic E-state index is 11.4. The third kappa shape index (κ3) is 1.34. The maximum Gasteiger partial charge on any atom is 0.259 e. The van der Waals surface area contributed by atoms with Crippen LogP contribution in [0.3, 0.4) is 0 Å². The highest BCUT2D eigenvalue weighted by atomic mass is 35.5. The van der Waals surface area contributed by atoms with E-state index >= 15 is 0 Å². The summed E-state index contributed by atoms with van der Waals surface area (Å²) in [4.78, 5) is 12.9. The van der Waals surface area contributed by atoms with E-state index in [2.05, 4.69) is 6.58 Å². The van der Waals surface area contributed by atoms with Gasteiger partial charge in [-0.15, -0.1) is 0 Å². The van der Waals surface area contributed by atoms with Crippen LogP contribution in [0.1, 0.15) is 6.92 Å². The highest BCUT2D eigenvalue weighted by Crippen LogP contribution is 2.41. The van der Waals surface area contributed by atoms with Crippen LogP contribution in [0, 0.1) is 5.92 Å². The molecule has 0 aromatic rings. The second kappa shape index (κ2) is 2.93. The first kappa shape index (κ1) is 9.87. The molecule has 0 spiro atoms. The molecule has 68 valence electrons. The van der Waals surface area contributed by atoms with Crippen LogP contribution in [-0.2, 0) is 4.79 Å². The lowest BCUT2D eigenvalue weighted by molar-refractivity contribution is -0.127.